The van der Waals surface area contributed by atoms with Gasteiger partial charge in [0.2, 0.25) is 0 Å². The summed E-state index contributed by atoms with van der Waals surface area (Å²) in [5, 5.41) is 0. The number of thiocarbonyl (C=S) groups is 2. The second kappa shape index (κ2) is 11.5. The maximum atomic E-state index is 5.57. The fourth-order valence-electron chi connectivity index (χ4n) is 3.02. The molecule has 0 saturated heterocycles. The molecule has 0 fully saturated rings. The van der Waals surface area contributed by atoms with E-state index >= 15 is 0 Å². The van der Waals surface area contributed by atoms with Crippen LogP contribution in [0.4, 0.5) is 0 Å². The van der Waals surface area contributed by atoms with Crippen molar-refractivity contribution in [1.29, 1.82) is 0 Å². The average Bonchev–Trinajstić information content (AvgIpc) is 2.87. The minimum absolute atomic E-state index is 0.796. The van der Waals surface area contributed by atoms with E-state index in [9.17, 15) is 0 Å². The van der Waals surface area contributed by atoms with Crippen LogP contribution in [0.2, 0.25) is 0 Å². The summed E-state index contributed by atoms with van der Waals surface area (Å²) >= 11 is 14.5. The highest BCUT2D eigenvalue weighted by atomic mass is 32.2. The first kappa shape index (κ1) is 22.8. The standard InChI is InChI=1S/C26H20N2S4/c29-25(21-7-3-1-4-8-21)31-17-19-11-13-27-23(15-19)24-16-20(12-14-28-24)18-32-26(30)22-9-5-2-6-10-22/h1-16H,17-18H2. The molecular weight excluding hydrogens is 469 g/mol. The molecule has 2 nitrogen and oxygen atoms in total. The number of hydrogen-bond acceptors (Lipinski definition) is 6. The fourth-order valence-corrected chi connectivity index (χ4v) is 5.21. The first-order chi connectivity index (χ1) is 15.7. The summed E-state index contributed by atoms with van der Waals surface area (Å²) in [6.07, 6.45) is 3.68. The van der Waals surface area contributed by atoms with E-state index in [4.69, 9.17) is 24.4 Å². The zero-order chi connectivity index (χ0) is 22.2. The van der Waals surface area contributed by atoms with Crippen LogP contribution < -0.4 is 0 Å². The molecule has 0 N–H and O–H groups in total. The van der Waals surface area contributed by atoms with Crippen LogP contribution in [-0.4, -0.2) is 18.4 Å². The number of thioether (sulfide) groups is 2. The second-order valence-corrected chi connectivity index (χ2v) is 10.3. The van der Waals surface area contributed by atoms with Crippen LogP contribution in [0.5, 0.6) is 0 Å². The quantitative estimate of drug-likeness (QED) is 0.252. The van der Waals surface area contributed by atoms with Crippen molar-refractivity contribution in [2.24, 2.45) is 0 Å². The van der Waals surface area contributed by atoms with E-state index < -0.39 is 0 Å². The maximum absolute atomic E-state index is 5.57. The van der Waals surface area contributed by atoms with Gasteiger partial charge in [0.05, 0.1) is 19.8 Å². The van der Waals surface area contributed by atoms with E-state index in [-0.39, 0.29) is 0 Å². The van der Waals surface area contributed by atoms with E-state index in [0.29, 0.717) is 0 Å². The molecule has 4 aromatic rings. The van der Waals surface area contributed by atoms with Gasteiger partial charge in [0, 0.05) is 23.9 Å². The van der Waals surface area contributed by atoms with E-state index in [0.717, 1.165) is 42.4 Å². The van der Waals surface area contributed by atoms with Gasteiger partial charge in [-0.1, -0.05) is 85.1 Å². The third-order valence-corrected chi connectivity index (χ3v) is 7.80. The Bertz CT molecular complexity index is 1110. The van der Waals surface area contributed by atoms with Gasteiger partial charge in [0.25, 0.3) is 0 Å². The highest BCUT2D eigenvalue weighted by Crippen LogP contribution is 2.24. The van der Waals surface area contributed by atoms with Crippen LogP contribution in [0, 0.1) is 0 Å². The number of aromatic nitrogens is 2. The van der Waals surface area contributed by atoms with Crippen molar-refractivity contribution in [3.05, 3.63) is 120 Å². The summed E-state index contributed by atoms with van der Waals surface area (Å²) in [6, 6.07) is 28.5. The molecule has 0 aliphatic carbocycles. The first-order valence-corrected chi connectivity index (χ1v) is 12.8. The van der Waals surface area contributed by atoms with E-state index in [1.165, 1.54) is 11.1 Å². The lowest BCUT2D eigenvalue weighted by molar-refractivity contribution is 1.21. The topological polar surface area (TPSA) is 25.8 Å². The molecule has 0 bridgehead atoms. The van der Waals surface area contributed by atoms with Crippen LogP contribution in [0.25, 0.3) is 11.4 Å². The summed E-state index contributed by atoms with van der Waals surface area (Å²) < 4.78 is 1.80. The lowest BCUT2D eigenvalue weighted by atomic mass is 10.1. The molecule has 6 heteroatoms. The summed E-state index contributed by atoms with van der Waals surface area (Å²) in [6.45, 7) is 0. The predicted octanol–water partition coefficient (Wildman–Crippen LogP) is 7.36. The molecule has 158 valence electrons. The van der Waals surface area contributed by atoms with Crippen molar-refractivity contribution in [3.8, 4) is 11.4 Å². The van der Waals surface area contributed by atoms with Gasteiger partial charge in [-0.2, -0.15) is 0 Å². The summed E-state index contributed by atoms with van der Waals surface area (Å²) in [5.74, 6) is 1.59. The zero-order valence-electron chi connectivity index (χ0n) is 17.2. The Morgan fingerprint density at radius 3 is 1.41 bits per heavy atom. The number of benzene rings is 2. The predicted molar refractivity (Wildman–Crippen MR) is 146 cm³/mol. The van der Waals surface area contributed by atoms with Gasteiger partial charge in [0.1, 0.15) is 0 Å². The van der Waals surface area contributed by atoms with Crippen LogP contribution in [0.1, 0.15) is 22.3 Å². The van der Waals surface area contributed by atoms with Crippen LogP contribution in [0.3, 0.4) is 0 Å². The molecular formula is C26H20N2S4. The van der Waals surface area contributed by atoms with Gasteiger partial charge in [-0.3, -0.25) is 9.97 Å². The molecule has 32 heavy (non-hydrogen) atoms. The summed E-state index contributed by atoms with van der Waals surface area (Å²) in [5.41, 5.74) is 6.25. The number of pyridine rings is 2. The Hall–Kier alpha value is -2.38. The van der Waals surface area contributed by atoms with E-state index in [1.54, 1.807) is 23.5 Å². The van der Waals surface area contributed by atoms with Crippen molar-refractivity contribution in [3.63, 3.8) is 0 Å². The van der Waals surface area contributed by atoms with E-state index in [2.05, 4.69) is 22.1 Å². The minimum Gasteiger partial charge on any atom is -0.255 e. The summed E-state index contributed by atoms with van der Waals surface area (Å²) in [4.78, 5) is 9.08. The molecule has 2 aromatic carbocycles. The van der Waals surface area contributed by atoms with Crippen molar-refractivity contribution in [1.82, 2.24) is 9.97 Å². The van der Waals surface area contributed by atoms with Gasteiger partial charge >= 0.3 is 0 Å². The summed E-state index contributed by atoms with van der Waals surface area (Å²) in [7, 11) is 0. The van der Waals surface area contributed by atoms with Gasteiger partial charge in [-0.05, 0) is 46.5 Å². The molecule has 0 atom stereocenters. The molecule has 0 aliphatic heterocycles. The van der Waals surface area contributed by atoms with Gasteiger partial charge in [-0.25, -0.2) is 0 Å². The SMILES string of the molecule is S=C(SCc1ccnc(-c2cc(CSC(=S)c3ccccc3)ccn2)c1)c1ccccc1. The first-order valence-electron chi connectivity index (χ1n) is 10.0. The average molecular weight is 489 g/mol. The molecule has 4 rings (SSSR count). The Labute approximate surface area is 207 Å². The molecule has 0 saturated carbocycles. The minimum atomic E-state index is 0.796. The fraction of sp³-hybridized carbons (Fsp3) is 0.0769. The van der Waals surface area contributed by atoms with Crippen molar-refractivity contribution >= 4 is 56.4 Å². The second-order valence-electron chi connectivity index (χ2n) is 6.98. The largest absolute Gasteiger partial charge is 0.255 e. The smallest absolute Gasteiger partial charge is 0.0889 e. The monoisotopic (exact) mass is 488 g/mol. The molecule has 2 aromatic heterocycles. The lowest BCUT2D eigenvalue weighted by Crippen LogP contribution is -1.95. The van der Waals surface area contributed by atoms with Gasteiger partial charge in [-0.15, -0.1) is 23.5 Å². The zero-order valence-corrected chi connectivity index (χ0v) is 20.4. The third kappa shape index (κ3) is 6.33. The van der Waals surface area contributed by atoms with Crippen molar-refractivity contribution in [2.75, 3.05) is 0 Å². The number of nitrogens with zero attached hydrogens (tertiary/aromatic N) is 2. The Morgan fingerprint density at radius 2 is 1.00 bits per heavy atom. The Kier molecular flexibility index (Phi) is 8.18. The van der Waals surface area contributed by atoms with Gasteiger partial charge in [0.15, 0.2) is 0 Å². The van der Waals surface area contributed by atoms with Crippen LogP contribution in [0.15, 0.2) is 97.3 Å². The highest BCUT2D eigenvalue weighted by Gasteiger charge is 2.08. The van der Waals surface area contributed by atoms with Crippen LogP contribution in [-0.2, 0) is 11.5 Å². The van der Waals surface area contributed by atoms with Crippen molar-refractivity contribution < 1.29 is 0 Å². The van der Waals surface area contributed by atoms with Gasteiger partial charge < -0.3 is 0 Å². The Balaban J connectivity index is 1.40. The molecule has 0 amide bonds. The normalized spacial score (nSPS) is 10.6. The number of rotatable bonds is 7. The lowest BCUT2D eigenvalue weighted by Gasteiger charge is -2.08. The van der Waals surface area contributed by atoms with Crippen LogP contribution >= 0.6 is 48.0 Å². The molecule has 2 heterocycles. The highest BCUT2D eigenvalue weighted by molar-refractivity contribution is 8.23. The van der Waals surface area contributed by atoms with Crippen molar-refractivity contribution in [2.45, 2.75) is 11.5 Å². The molecule has 0 aliphatic rings. The van der Waals surface area contributed by atoms with E-state index in [1.807, 2.05) is 85.2 Å². The molecule has 0 unspecified atom stereocenters. The maximum Gasteiger partial charge on any atom is 0.0889 e. The molecule has 0 radical (unpaired) electrons. The third-order valence-electron chi connectivity index (χ3n) is 4.67. The Morgan fingerprint density at radius 1 is 0.594 bits per heavy atom. The molecule has 0 spiro atoms. The number of hydrogen-bond donors (Lipinski definition) is 0.